The number of aryl methyl sites for hydroxylation is 1. The van der Waals surface area contributed by atoms with Crippen LogP contribution < -0.4 is 11.2 Å². The lowest BCUT2D eigenvalue weighted by Crippen LogP contribution is -2.15. The number of nitrogens with one attached hydrogen (secondary N) is 1. The molecule has 0 aliphatic heterocycles. The van der Waals surface area contributed by atoms with Gasteiger partial charge < -0.3 is 11.2 Å². The number of nitrogen functional groups attached to an aromatic ring is 1. The molecule has 0 aromatic heterocycles. The molecule has 3 nitrogen and oxygen atoms in total. The molecular weight excluding hydrogens is 186 g/mol. The van der Waals surface area contributed by atoms with Crippen LogP contribution in [0.25, 0.3) is 0 Å². The number of anilines is 1. The van der Waals surface area contributed by atoms with E-state index in [1.54, 1.807) is 0 Å². The summed E-state index contributed by atoms with van der Waals surface area (Å²) in [7, 11) is 0. The first-order chi connectivity index (χ1) is 7.00. The second kappa shape index (κ2) is 4.82. The highest BCUT2D eigenvalue weighted by molar-refractivity contribution is 5.78. The van der Waals surface area contributed by atoms with Gasteiger partial charge in [0.1, 0.15) is 0 Å². The van der Waals surface area contributed by atoms with E-state index in [0.717, 1.165) is 17.0 Å². The van der Waals surface area contributed by atoms with Crippen molar-refractivity contribution < 1.29 is 0 Å². The molecule has 0 bridgehead atoms. The molecule has 0 aliphatic carbocycles. The third-order valence-corrected chi connectivity index (χ3v) is 2.19. The van der Waals surface area contributed by atoms with Gasteiger partial charge in [-0.15, -0.1) is 0 Å². The summed E-state index contributed by atoms with van der Waals surface area (Å²) in [5.74, 6) is 0. The predicted octanol–water partition coefficient (Wildman–Crippen LogP) is 2.62. The predicted molar refractivity (Wildman–Crippen MR) is 65.9 cm³/mol. The Labute approximate surface area is 91.4 Å². The van der Waals surface area contributed by atoms with Crippen LogP contribution in [0.1, 0.15) is 37.9 Å². The number of hydrazone groups is 1. The Morgan fingerprint density at radius 2 is 2.07 bits per heavy atom. The molecule has 1 atom stereocenters. The molecule has 0 fully saturated rings. The van der Waals surface area contributed by atoms with E-state index in [2.05, 4.69) is 30.4 Å². The van der Waals surface area contributed by atoms with E-state index in [-0.39, 0.29) is 6.04 Å². The van der Waals surface area contributed by atoms with E-state index < -0.39 is 0 Å². The summed E-state index contributed by atoms with van der Waals surface area (Å²) in [5, 5.41) is 4.18. The number of rotatable bonds is 3. The summed E-state index contributed by atoms with van der Waals surface area (Å²) in [5.41, 5.74) is 13.1. The van der Waals surface area contributed by atoms with Gasteiger partial charge in [0.05, 0.1) is 6.04 Å². The Balaban J connectivity index is 2.85. The molecule has 0 heterocycles. The van der Waals surface area contributed by atoms with Crippen LogP contribution in [0.4, 0.5) is 5.69 Å². The van der Waals surface area contributed by atoms with E-state index in [9.17, 15) is 0 Å². The zero-order valence-corrected chi connectivity index (χ0v) is 9.83. The molecule has 1 rings (SSSR count). The minimum Gasteiger partial charge on any atom is -0.398 e. The number of hydrogen-bond acceptors (Lipinski definition) is 3. The quantitative estimate of drug-likeness (QED) is 0.453. The van der Waals surface area contributed by atoms with Crippen molar-refractivity contribution in [2.75, 3.05) is 5.73 Å². The third kappa shape index (κ3) is 3.27. The largest absolute Gasteiger partial charge is 0.398 e. The molecule has 0 amide bonds. The minimum absolute atomic E-state index is 0.139. The van der Waals surface area contributed by atoms with E-state index >= 15 is 0 Å². The highest BCUT2D eigenvalue weighted by Gasteiger charge is 2.07. The van der Waals surface area contributed by atoms with Gasteiger partial charge in [-0.2, -0.15) is 5.10 Å². The molecule has 1 aromatic rings. The molecular formula is C12H19N3. The Morgan fingerprint density at radius 3 is 2.67 bits per heavy atom. The van der Waals surface area contributed by atoms with Crippen LogP contribution in [-0.4, -0.2) is 5.71 Å². The van der Waals surface area contributed by atoms with Crippen LogP contribution in [0, 0.1) is 6.92 Å². The van der Waals surface area contributed by atoms with Gasteiger partial charge >= 0.3 is 0 Å². The van der Waals surface area contributed by atoms with Crippen molar-refractivity contribution in [1.29, 1.82) is 0 Å². The monoisotopic (exact) mass is 205 g/mol. The van der Waals surface area contributed by atoms with Crippen molar-refractivity contribution in [3.05, 3.63) is 29.3 Å². The topological polar surface area (TPSA) is 50.4 Å². The molecule has 0 aliphatic rings. The molecule has 3 heteroatoms. The average Bonchev–Trinajstić information content (AvgIpc) is 2.18. The molecule has 0 saturated carbocycles. The second-order valence-corrected chi connectivity index (χ2v) is 4.04. The van der Waals surface area contributed by atoms with Crippen molar-refractivity contribution in [3.63, 3.8) is 0 Å². The second-order valence-electron chi connectivity index (χ2n) is 4.04. The van der Waals surface area contributed by atoms with Gasteiger partial charge in [-0.3, -0.25) is 0 Å². The van der Waals surface area contributed by atoms with E-state index in [4.69, 9.17) is 5.73 Å². The van der Waals surface area contributed by atoms with Crippen LogP contribution in [0.2, 0.25) is 0 Å². The van der Waals surface area contributed by atoms with E-state index in [0.29, 0.717) is 0 Å². The van der Waals surface area contributed by atoms with Crippen LogP contribution in [-0.2, 0) is 0 Å². The standard InChI is InChI=1S/C12H19N3/c1-8(2)14-15-10(4)11-7-9(3)5-6-12(11)13/h5-7,10,15H,13H2,1-4H3. The fourth-order valence-corrected chi connectivity index (χ4v) is 1.36. The zero-order valence-electron chi connectivity index (χ0n) is 9.83. The highest BCUT2D eigenvalue weighted by atomic mass is 15.3. The van der Waals surface area contributed by atoms with Crippen molar-refractivity contribution in [1.82, 2.24) is 5.43 Å². The Bertz CT molecular complexity index is 365. The van der Waals surface area contributed by atoms with Gasteiger partial charge in [0.2, 0.25) is 0 Å². The molecule has 0 spiro atoms. The van der Waals surface area contributed by atoms with Crippen LogP contribution in [0.3, 0.4) is 0 Å². The van der Waals surface area contributed by atoms with Gasteiger partial charge in [0.15, 0.2) is 0 Å². The summed E-state index contributed by atoms with van der Waals surface area (Å²) in [6.07, 6.45) is 0. The Kier molecular flexibility index (Phi) is 3.72. The van der Waals surface area contributed by atoms with Crippen molar-refractivity contribution in [3.8, 4) is 0 Å². The van der Waals surface area contributed by atoms with Crippen molar-refractivity contribution in [2.45, 2.75) is 33.7 Å². The molecule has 1 aromatic carbocycles. The molecule has 0 radical (unpaired) electrons. The van der Waals surface area contributed by atoms with Gasteiger partial charge in [-0.05, 0) is 39.3 Å². The van der Waals surface area contributed by atoms with Crippen molar-refractivity contribution in [2.24, 2.45) is 5.10 Å². The first kappa shape index (κ1) is 11.6. The minimum atomic E-state index is 0.139. The highest BCUT2D eigenvalue weighted by Crippen LogP contribution is 2.21. The number of nitrogens with zero attached hydrogens (tertiary/aromatic N) is 1. The molecule has 15 heavy (non-hydrogen) atoms. The normalized spacial score (nSPS) is 12.0. The average molecular weight is 205 g/mol. The molecule has 0 saturated heterocycles. The Morgan fingerprint density at radius 1 is 1.40 bits per heavy atom. The summed E-state index contributed by atoms with van der Waals surface area (Å²) in [6.45, 7) is 8.03. The number of benzene rings is 1. The summed E-state index contributed by atoms with van der Waals surface area (Å²) < 4.78 is 0. The van der Waals surface area contributed by atoms with Gasteiger partial charge in [-0.1, -0.05) is 17.7 Å². The Hall–Kier alpha value is -1.51. The maximum atomic E-state index is 5.91. The third-order valence-electron chi connectivity index (χ3n) is 2.19. The lowest BCUT2D eigenvalue weighted by Gasteiger charge is -2.15. The smallest absolute Gasteiger partial charge is 0.0681 e. The van der Waals surface area contributed by atoms with E-state index in [1.165, 1.54) is 5.56 Å². The number of hydrogen-bond donors (Lipinski definition) is 2. The van der Waals surface area contributed by atoms with Crippen LogP contribution >= 0.6 is 0 Å². The summed E-state index contributed by atoms with van der Waals surface area (Å²) >= 11 is 0. The zero-order chi connectivity index (χ0) is 11.4. The molecule has 3 N–H and O–H groups in total. The van der Waals surface area contributed by atoms with Crippen molar-refractivity contribution >= 4 is 11.4 Å². The van der Waals surface area contributed by atoms with Gasteiger partial charge in [0, 0.05) is 11.4 Å². The van der Waals surface area contributed by atoms with E-state index in [1.807, 2.05) is 26.0 Å². The first-order valence-electron chi connectivity index (χ1n) is 5.13. The summed E-state index contributed by atoms with van der Waals surface area (Å²) in [6, 6.07) is 6.18. The fraction of sp³-hybridized carbons (Fsp3) is 0.417. The van der Waals surface area contributed by atoms with Gasteiger partial charge in [-0.25, -0.2) is 0 Å². The SMILES string of the molecule is CC(C)=NNC(C)c1cc(C)ccc1N. The molecule has 82 valence electrons. The van der Waals surface area contributed by atoms with Crippen LogP contribution in [0.5, 0.6) is 0 Å². The first-order valence-corrected chi connectivity index (χ1v) is 5.13. The fourth-order valence-electron chi connectivity index (χ4n) is 1.36. The lowest BCUT2D eigenvalue weighted by atomic mass is 10.0. The van der Waals surface area contributed by atoms with Gasteiger partial charge in [0.25, 0.3) is 0 Å². The maximum absolute atomic E-state index is 5.91. The molecule has 1 unspecified atom stereocenters. The lowest BCUT2D eigenvalue weighted by molar-refractivity contribution is 0.606. The summed E-state index contributed by atoms with van der Waals surface area (Å²) in [4.78, 5) is 0. The van der Waals surface area contributed by atoms with Crippen LogP contribution in [0.15, 0.2) is 23.3 Å². The number of nitrogens with two attached hydrogens (primary N) is 1. The maximum Gasteiger partial charge on any atom is 0.0681 e.